The first-order chi connectivity index (χ1) is 9.86. The van der Waals surface area contributed by atoms with Gasteiger partial charge in [-0.1, -0.05) is 25.1 Å². The molecule has 2 aromatic rings. The summed E-state index contributed by atoms with van der Waals surface area (Å²) < 4.78 is 41.8. The highest BCUT2D eigenvalue weighted by Crippen LogP contribution is 2.35. The molecule has 0 spiro atoms. The van der Waals surface area contributed by atoms with E-state index in [1.165, 1.54) is 6.07 Å². The molecule has 2 N–H and O–H groups in total. The molecule has 0 radical (unpaired) electrons. The summed E-state index contributed by atoms with van der Waals surface area (Å²) in [5, 5.41) is 0.428. The smallest absolute Gasteiger partial charge is 0.184 e. The van der Waals surface area contributed by atoms with Crippen LogP contribution in [-0.4, -0.2) is 25.6 Å². The van der Waals surface area contributed by atoms with Crippen LogP contribution in [0.25, 0.3) is 0 Å². The van der Waals surface area contributed by atoms with E-state index in [1.807, 2.05) is 0 Å². The molecule has 0 fully saturated rings. The Labute approximate surface area is 127 Å². The van der Waals surface area contributed by atoms with E-state index in [4.69, 9.17) is 5.73 Å². The van der Waals surface area contributed by atoms with Crippen LogP contribution in [0, 0.1) is 5.82 Å². The minimum atomic E-state index is -3.48. The van der Waals surface area contributed by atoms with Crippen LogP contribution in [0.2, 0.25) is 0 Å². The van der Waals surface area contributed by atoms with E-state index in [1.54, 1.807) is 37.1 Å². The van der Waals surface area contributed by atoms with Crippen LogP contribution in [0.1, 0.15) is 12.5 Å². The van der Waals surface area contributed by atoms with Gasteiger partial charge in [-0.15, -0.1) is 0 Å². The fourth-order valence-corrected chi connectivity index (χ4v) is 4.21. The summed E-state index contributed by atoms with van der Waals surface area (Å²) in [5.41, 5.74) is 6.16. The van der Waals surface area contributed by atoms with Gasteiger partial charge >= 0.3 is 0 Å². The Bertz CT molecular complexity index is 744. The van der Waals surface area contributed by atoms with Crippen LogP contribution in [0.15, 0.2) is 29.2 Å². The number of anilines is 2. The predicted octanol–water partition coefficient (Wildman–Crippen LogP) is 2.29. The molecule has 0 aliphatic carbocycles. The molecular formula is C13H16FN3O2S2. The molecule has 0 aliphatic heterocycles. The fraction of sp³-hybridized carbons (Fsp3) is 0.308. The van der Waals surface area contributed by atoms with Crippen molar-refractivity contribution < 1.29 is 12.8 Å². The molecule has 8 heteroatoms. The van der Waals surface area contributed by atoms with Crippen molar-refractivity contribution in [1.82, 2.24) is 4.37 Å². The van der Waals surface area contributed by atoms with Gasteiger partial charge in [0.15, 0.2) is 15.7 Å². The van der Waals surface area contributed by atoms with Gasteiger partial charge in [-0.2, -0.15) is 4.37 Å². The van der Waals surface area contributed by atoms with Gasteiger partial charge in [0.2, 0.25) is 0 Å². The van der Waals surface area contributed by atoms with Crippen molar-refractivity contribution in [2.45, 2.75) is 18.4 Å². The van der Waals surface area contributed by atoms with Crippen molar-refractivity contribution >= 4 is 32.2 Å². The molecule has 114 valence electrons. The molecule has 0 bridgehead atoms. The maximum absolute atomic E-state index is 13.7. The summed E-state index contributed by atoms with van der Waals surface area (Å²) in [6.07, 6.45) is 0. The number of hydrogen-bond donors (Lipinski definition) is 1. The minimum absolute atomic E-state index is 0.00256. The second kappa shape index (κ2) is 5.98. The molecule has 0 saturated heterocycles. The second-order valence-corrected chi connectivity index (χ2v) is 7.52. The Morgan fingerprint density at radius 1 is 1.38 bits per heavy atom. The lowest BCUT2D eigenvalue weighted by Gasteiger charge is -2.18. The highest BCUT2D eigenvalue weighted by atomic mass is 32.2. The Kier molecular flexibility index (Phi) is 4.48. The first-order valence-electron chi connectivity index (χ1n) is 6.29. The first-order valence-corrected chi connectivity index (χ1v) is 8.71. The lowest BCUT2D eigenvalue weighted by Crippen LogP contribution is -2.19. The van der Waals surface area contributed by atoms with Crippen LogP contribution < -0.4 is 10.6 Å². The summed E-state index contributed by atoms with van der Waals surface area (Å²) in [5.74, 6) is -0.394. The molecule has 0 unspecified atom stereocenters. The van der Waals surface area contributed by atoms with Crippen LogP contribution in [0.3, 0.4) is 0 Å². The average molecular weight is 329 g/mol. The van der Waals surface area contributed by atoms with Gasteiger partial charge in [-0.25, -0.2) is 12.8 Å². The Balaban J connectivity index is 2.37. The number of aromatic nitrogens is 1. The number of nitrogen functional groups attached to an aromatic ring is 1. The van der Waals surface area contributed by atoms with E-state index >= 15 is 0 Å². The standard InChI is InChI=1S/C13H16FN3O2S2/c1-3-21(18,19)11-12(15)16-20-13(11)17(2)8-9-6-4-5-7-10(9)14/h4-7H,3,8H2,1-2H3,(H2,15,16). The van der Waals surface area contributed by atoms with Crippen LogP contribution >= 0.6 is 11.5 Å². The first kappa shape index (κ1) is 15.7. The van der Waals surface area contributed by atoms with Gasteiger partial charge in [0.05, 0.1) is 5.75 Å². The van der Waals surface area contributed by atoms with Crippen LogP contribution in [0.5, 0.6) is 0 Å². The van der Waals surface area contributed by atoms with E-state index in [0.29, 0.717) is 10.6 Å². The zero-order valence-electron chi connectivity index (χ0n) is 11.7. The maximum Gasteiger partial charge on any atom is 0.184 e. The number of nitrogens with zero attached hydrogens (tertiary/aromatic N) is 2. The van der Waals surface area contributed by atoms with Crippen LogP contribution in [-0.2, 0) is 16.4 Å². The third-order valence-corrected chi connectivity index (χ3v) is 5.95. The third-order valence-electron chi connectivity index (χ3n) is 3.06. The van der Waals surface area contributed by atoms with Gasteiger partial charge < -0.3 is 10.6 Å². The number of rotatable bonds is 5. The molecule has 0 atom stereocenters. The molecule has 1 aromatic heterocycles. The SMILES string of the molecule is CCS(=O)(=O)c1c(N)nsc1N(C)Cc1ccccc1F. The van der Waals surface area contributed by atoms with Crippen molar-refractivity contribution in [3.63, 3.8) is 0 Å². The molecular weight excluding hydrogens is 313 g/mol. The zero-order valence-corrected chi connectivity index (χ0v) is 13.3. The van der Waals surface area contributed by atoms with E-state index in [9.17, 15) is 12.8 Å². The number of sulfone groups is 1. The molecule has 1 heterocycles. The number of nitrogens with two attached hydrogens (primary N) is 1. The average Bonchev–Trinajstić information content (AvgIpc) is 2.84. The summed E-state index contributed by atoms with van der Waals surface area (Å²) >= 11 is 1.00. The van der Waals surface area contributed by atoms with Gasteiger partial charge in [-0.3, -0.25) is 0 Å². The summed E-state index contributed by atoms with van der Waals surface area (Å²) in [6, 6.07) is 6.37. The number of halogens is 1. The van der Waals surface area contributed by atoms with Crippen molar-refractivity contribution in [2.24, 2.45) is 0 Å². The summed E-state index contributed by atoms with van der Waals surface area (Å²) in [7, 11) is -1.79. The molecule has 0 amide bonds. The van der Waals surface area contributed by atoms with Crippen molar-refractivity contribution in [3.05, 3.63) is 35.6 Å². The molecule has 1 aromatic carbocycles. The van der Waals surface area contributed by atoms with Gasteiger partial charge in [0.1, 0.15) is 15.7 Å². The Morgan fingerprint density at radius 3 is 2.67 bits per heavy atom. The lowest BCUT2D eigenvalue weighted by molar-refractivity contribution is 0.597. The lowest BCUT2D eigenvalue weighted by atomic mass is 10.2. The van der Waals surface area contributed by atoms with Gasteiger partial charge in [0, 0.05) is 19.2 Å². The highest BCUT2D eigenvalue weighted by molar-refractivity contribution is 7.91. The maximum atomic E-state index is 13.7. The zero-order chi connectivity index (χ0) is 15.6. The van der Waals surface area contributed by atoms with Gasteiger partial charge in [0.25, 0.3) is 0 Å². The van der Waals surface area contributed by atoms with Crippen molar-refractivity contribution in [2.75, 3.05) is 23.4 Å². The van der Waals surface area contributed by atoms with E-state index in [-0.39, 0.29) is 28.8 Å². The van der Waals surface area contributed by atoms with E-state index < -0.39 is 9.84 Å². The molecule has 2 rings (SSSR count). The predicted molar refractivity (Wildman–Crippen MR) is 82.8 cm³/mol. The van der Waals surface area contributed by atoms with Gasteiger partial charge in [-0.05, 0) is 17.6 Å². The minimum Gasteiger partial charge on any atom is -0.382 e. The number of benzene rings is 1. The van der Waals surface area contributed by atoms with E-state index in [2.05, 4.69) is 4.37 Å². The second-order valence-electron chi connectivity index (χ2n) is 4.55. The Hall–Kier alpha value is -1.67. The molecule has 5 nitrogen and oxygen atoms in total. The Morgan fingerprint density at radius 2 is 2.05 bits per heavy atom. The third kappa shape index (κ3) is 3.16. The normalized spacial score (nSPS) is 11.6. The number of hydrogen-bond acceptors (Lipinski definition) is 6. The topological polar surface area (TPSA) is 76.3 Å². The molecule has 0 saturated carbocycles. The largest absolute Gasteiger partial charge is 0.382 e. The summed E-state index contributed by atoms with van der Waals surface area (Å²) in [6.45, 7) is 1.79. The van der Waals surface area contributed by atoms with E-state index in [0.717, 1.165) is 11.5 Å². The van der Waals surface area contributed by atoms with Crippen molar-refractivity contribution in [1.29, 1.82) is 0 Å². The highest BCUT2D eigenvalue weighted by Gasteiger charge is 2.26. The monoisotopic (exact) mass is 329 g/mol. The fourth-order valence-electron chi connectivity index (χ4n) is 1.92. The van der Waals surface area contributed by atoms with Crippen molar-refractivity contribution in [3.8, 4) is 0 Å². The molecule has 21 heavy (non-hydrogen) atoms. The summed E-state index contributed by atoms with van der Waals surface area (Å²) in [4.78, 5) is 1.68. The van der Waals surface area contributed by atoms with Crippen LogP contribution in [0.4, 0.5) is 15.2 Å². The quantitative estimate of drug-likeness (QED) is 0.911. The molecule has 0 aliphatic rings.